The smallest absolute Gasteiger partial charge is 0.335 e. The third-order valence-corrected chi connectivity index (χ3v) is 9.38. The second-order valence-corrected chi connectivity index (χ2v) is 12.0. The van der Waals surface area contributed by atoms with Gasteiger partial charge in [-0.3, -0.25) is 4.98 Å². The highest BCUT2D eigenvalue weighted by atomic mass is 35.5. The number of carboxylic acids is 1. The van der Waals surface area contributed by atoms with Crippen LogP contribution in [-0.2, 0) is 0 Å². The molecule has 0 spiro atoms. The maximum absolute atomic E-state index is 11.3. The third kappa shape index (κ3) is 5.03. The summed E-state index contributed by atoms with van der Waals surface area (Å²) in [4.78, 5) is 15.4. The number of halogens is 2. The standard InChI is InChI=1S/C30H30Cl2N2O5/c1-37-24-14-19(28(35)36)4-5-23(24)38-17-30-11-8-29(9-12-30,10-13-30)7-6-20-26(34-39-27(20)18-2-3-18)25-21(31)15-33-16-22(25)32/h4-7,14-16,18H,2-3,8-13,17H2,1H3,(H,35,36)/b7-6+. The number of fused-ring (bicyclic) bond motifs is 3. The van der Waals surface area contributed by atoms with Crippen LogP contribution >= 0.6 is 23.2 Å². The predicted molar refractivity (Wildman–Crippen MR) is 149 cm³/mol. The van der Waals surface area contributed by atoms with Crippen LogP contribution in [-0.4, -0.2) is 34.9 Å². The fraction of sp³-hybridized carbons (Fsp3) is 0.433. The fourth-order valence-electron chi connectivity index (χ4n) is 6.10. The van der Waals surface area contributed by atoms with Gasteiger partial charge in [-0.2, -0.15) is 0 Å². The molecule has 1 N–H and O–H groups in total. The molecule has 2 bridgehead atoms. The zero-order chi connectivity index (χ0) is 27.2. The number of pyridine rings is 1. The van der Waals surface area contributed by atoms with Crippen molar-refractivity contribution in [2.45, 2.75) is 57.3 Å². The molecular formula is C30H30Cl2N2O5. The average molecular weight is 569 g/mol. The summed E-state index contributed by atoms with van der Waals surface area (Å²) in [6.45, 7) is 0.593. The van der Waals surface area contributed by atoms with E-state index in [4.69, 9.17) is 37.2 Å². The molecular weight excluding hydrogens is 539 g/mol. The maximum Gasteiger partial charge on any atom is 0.335 e. The lowest BCUT2D eigenvalue weighted by Crippen LogP contribution is -2.43. The summed E-state index contributed by atoms with van der Waals surface area (Å²) in [7, 11) is 1.53. The van der Waals surface area contributed by atoms with Crippen molar-refractivity contribution in [1.82, 2.24) is 10.1 Å². The minimum atomic E-state index is -0.989. The first-order valence-corrected chi connectivity index (χ1v) is 14.1. The van der Waals surface area contributed by atoms with Crippen LogP contribution in [0.15, 0.2) is 41.2 Å². The van der Waals surface area contributed by atoms with Crippen molar-refractivity contribution in [3.8, 4) is 22.8 Å². The summed E-state index contributed by atoms with van der Waals surface area (Å²) in [6, 6.07) is 4.75. The Morgan fingerprint density at radius 3 is 2.41 bits per heavy atom. The van der Waals surface area contributed by atoms with Crippen molar-refractivity contribution in [1.29, 1.82) is 0 Å². The molecule has 4 aliphatic carbocycles. The van der Waals surface area contributed by atoms with Gasteiger partial charge in [0.05, 0.1) is 29.3 Å². The Morgan fingerprint density at radius 2 is 1.79 bits per heavy atom. The van der Waals surface area contributed by atoms with Crippen molar-refractivity contribution in [2.24, 2.45) is 10.8 Å². The Morgan fingerprint density at radius 1 is 1.10 bits per heavy atom. The lowest BCUT2D eigenvalue weighted by molar-refractivity contribution is -0.0127. The fourth-order valence-corrected chi connectivity index (χ4v) is 6.64. The average Bonchev–Trinajstić information content (AvgIpc) is 3.71. The molecule has 9 heteroatoms. The largest absolute Gasteiger partial charge is 0.493 e. The highest BCUT2D eigenvalue weighted by Crippen LogP contribution is 2.58. The zero-order valence-electron chi connectivity index (χ0n) is 21.7. The topological polar surface area (TPSA) is 94.7 Å². The molecule has 4 saturated carbocycles. The first-order chi connectivity index (χ1) is 18.8. The molecule has 3 aromatic rings. The van der Waals surface area contributed by atoms with Crippen molar-refractivity contribution in [3.63, 3.8) is 0 Å². The van der Waals surface area contributed by atoms with E-state index in [0.29, 0.717) is 45.3 Å². The molecule has 7 rings (SSSR count). The number of allylic oxidation sites excluding steroid dienone is 1. The molecule has 4 aliphatic rings. The van der Waals surface area contributed by atoms with Gasteiger partial charge in [-0.1, -0.05) is 40.5 Å². The molecule has 39 heavy (non-hydrogen) atoms. The van der Waals surface area contributed by atoms with Gasteiger partial charge < -0.3 is 19.1 Å². The molecule has 7 nitrogen and oxygen atoms in total. The Labute approximate surface area is 237 Å². The molecule has 2 aromatic heterocycles. The number of ether oxygens (including phenoxy) is 2. The van der Waals surface area contributed by atoms with Gasteiger partial charge in [0.15, 0.2) is 11.5 Å². The van der Waals surface area contributed by atoms with Crippen LogP contribution < -0.4 is 9.47 Å². The van der Waals surface area contributed by atoms with E-state index in [1.807, 2.05) is 0 Å². The van der Waals surface area contributed by atoms with Crippen molar-refractivity contribution < 1.29 is 23.9 Å². The van der Waals surface area contributed by atoms with E-state index in [1.165, 1.54) is 13.2 Å². The van der Waals surface area contributed by atoms with Crippen LogP contribution in [0.5, 0.6) is 11.5 Å². The molecule has 0 aliphatic heterocycles. The number of nitrogens with zero attached hydrogens (tertiary/aromatic N) is 2. The molecule has 0 unspecified atom stereocenters. The molecule has 2 heterocycles. The van der Waals surface area contributed by atoms with E-state index < -0.39 is 5.97 Å². The first kappa shape index (κ1) is 26.2. The molecule has 0 atom stereocenters. The van der Waals surface area contributed by atoms with Crippen molar-refractivity contribution >= 4 is 35.2 Å². The minimum absolute atomic E-state index is 0.117. The summed E-state index contributed by atoms with van der Waals surface area (Å²) in [5, 5.41) is 14.6. The maximum atomic E-state index is 11.3. The number of benzene rings is 1. The summed E-state index contributed by atoms with van der Waals surface area (Å²) in [5.74, 6) is 1.35. The summed E-state index contributed by atoms with van der Waals surface area (Å²) in [5.41, 5.74) is 2.74. The quantitative estimate of drug-likeness (QED) is 0.279. The van der Waals surface area contributed by atoms with Gasteiger partial charge in [-0.25, -0.2) is 4.79 Å². The van der Waals surface area contributed by atoms with E-state index in [0.717, 1.165) is 62.7 Å². The Kier molecular flexibility index (Phi) is 6.84. The summed E-state index contributed by atoms with van der Waals surface area (Å²) < 4.78 is 17.4. The van der Waals surface area contributed by atoms with Gasteiger partial charge in [-0.05, 0) is 75.0 Å². The Balaban J connectivity index is 1.18. The van der Waals surface area contributed by atoms with Crippen LogP contribution in [0.4, 0.5) is 0 Å². The van der Waals surface area contributed by atoms with E-state index in [2.05, 4.69) is 22.3 Å². The second kappa shape index (κ2) is 10.2. The number of hydrogen-bond donors (Lipinski definition) is 1. The van der Waals surface area contributed by atoms with Gasteiger partial charge >= 0.3 is 5.97 Å². The summed E-state index contributed by atoms with van der Waals surface area (Å²) in [6.07, 6.45) is 16.4. The Hall–Kier alpha value is -3.03. The number of aromatic nitrogens is 2. The van der Waals surface area contributed by atoms with Crippen LogP contribution in [0.25, 0.3) is 17.3 Å². The number of methoxy groups -OCH3 is 1. The Bertz CT molecular complexity index is 1400. The van der Waals surface area contributed by atoms with Gasteiger partial charge in [0.2, 0.25) is 0 Å². The van der Waals surface area contributed by atoms with Crippen LogP contribution in [0.3, 0.4) is 0 Å². The van der Waals surface area contributed by atoms with Crippen LogP contribution in [0.1, 0.15) is 79.0 Å². The lowest BCUT2D eigenvalue weighted by Gasteiger charge is -2.52. The monoisotopic (exact) mass is 568 g/mol. The number of rotatable bonds is 9. The number of hydrogen-bond acceptors (Lipinski definition) is 6. The molecule has 0 amide bonds. The highest BCUT2D eigenvalue weighted by Gasteiger charge is 2.48. The summed E-state index contributed by atoms with van der Waals surface area (Å²) >= 11 is 13.0. The van der Waals surface area contributed by atoms with Crippen LogP contribution in [0, 0.1) is 10.8 Å². The normalized spacial score (nSPS) is 24.3. The highest BCUT2D eigenvalue weighted by molar-refractivity contribution is 6.39. The predicted octanol–water partition coefficient (Wildman–Crippen LogP) is 8.06. The van der Waals surface area contributed by atoms with Crippen LogP contribution in [0.2, 0.25) is 10.0 Å². The number of carboxylic acid groups (broad SMARTS) is 1. The van der Waals surface area contributed by atoms with E-state index in [-0.39, 0.29) is 16.4 Å². The zero-order valence-corrected chi connectivity index (χ0v) is 23.2. The van der Waals surface area contributed by atoms with E-state index in [1.54, 1.807) is 24.5 Å². The molecule has 4 fully saturated rings. The van der Waals surface area contributed by atoms with Gasteiger partial charge in [0.1, 0.15) is 11.5 Å². The first-order valence-electron chi connectivity index (χ1n) is 13.3. The number of carbonyl (C=O) groups is 1. The minimum Gasteiger partial charge on any atom is -0.493 e. The molecule has 0 saturated heterocycles. The van der Waals surface area contributed by atoms with Crippen molar-refractivity contribution in [2.75, 3.05) is 13.7 Å². The molecule has 204 valence electrons. The lowest BCUT2D eigenvalue weighted by atomic mass is 9.54. The third-order valence-electron chi connectivity index (χ3n) is 8.80. The van der Waals surface area contributed by atoms with E-state index >= 15 is 0 Å². The molecule has 0 radical (unpaired) electrons. The van der Waals surface area contributed by atoms with Gasteiger partial charge in [0, 0.05) is 34.9 Å². The number of aromatic carboxylic acids is 1. The van der Waals surface area contributed by atoms with E-state index in [9.17, 15) is 9.90 Å². The SMILES string of the molecule is COc1cc(C(=O)O)ccc1OCC12CCC(/C=C/c3c(-c4c(Cl)cncc4Cl)noc3C3CC3)(CC1)CC2. The molecule has 1 aromatic carbocycles. The van der Waals surface area contributed by atoms with Crippen molar-refractivity contribution in [3.05, 3.63) is 63.6 Å². The van der Waals surface area contributed by atoms with Gasteiger partial charge in [0.25, 0.3) is 0 Å². The second-order valence-electron chi connectivity index (χ2n) is 11.2. The van der Waals surface area contributed by atoms with Gasteiger partial charge in [-0.15, -0.1) is 0 Å².